The average Bonchev–Trinajstić information content (AvgIpc) is 3.06. The molecule has 1 aliphatic rings. The number of aryl methyl sites for hydroxylation is 1. The Kier molecular flexibility index (Phi) is 5.13. The van der Waals surface area contributed by atoms with Gasteiger partial charge in [-0.05, 0) is 31.5 Å². The van der Waals surface area contributed by atoms with Crippen molar-refractivity contribution >= 4 is 33.1 Å². The van der Waals surface area contributed by atoms with Crippen LogP contribution >= 0.6 is 11.3 Å². The van der Waals surface area contributed by atoms with Gasteiger partial charge < -0.3 is 14.5 Å². The minimum Gasteiger partial charge on any atom is -0.477 e. The first-order valence-electron chi connectivity index (χ1n) is 9.25. The number of rotatable bonds is 4. The van der Waals surface area contributed by atoms with Crippen LogP contribution in [0.5, 0.6) is 5.88 Å². The van der Waals surface area contributed by atoms with Crippen LogP contribution in [0.25, 0.3) is 10.2 Å². The number of nitrogens with zero attached hydrogens (tertiary/aromatic N) is 4. The number of fused-ring (bicyclic) bond motifs is 1. The number of carbonyl (C=O) groups is 1. The number of hydrogen-bond acceptors (Lipinski definition) is 6. The summed E-state index contributed by atoms with van der Waals surface area (Å²) in [6.07, 6.45) is 1.46. The summed E-state index contributed by atoms with van der Waals surface area (Å²) in [6.45, 7) is 6.60. The topological polar surface area (TPSA) is 58.6 Å². The molecule has 8 heteroatoms. The molecule has 0 N–H and O–H groups in total. The van der Waals surface area contributed by atoms with Crippen molar-refractivity contribution in [3.63, 3.8) is 0 Å². The summed E-state index contributed by atoms with van der Waals surface area (Å²) in [5.41, 5.74) is 1.44. The fourth-order valence-corrected chi connectivity index (χ4v) is 4.60. The molecule has 146 valence electrons. The Labute approximate surface area is 166 Å². The van der Waals surface area contributed by atoms with Crippen LogP contribution in [0.2, 0.25) is 0 Å². The first-order valence-corrected chi connectivity index (χ1v) is 10.1. The minimum atomic E-state index is -0.232. The van der Waals surface area contributed by atoms with Gasteiger partial charge in [-0.3, -0.25) is 4.79 Å². The molecule has 0 atom stereocenters. The van der Waals surface area contributed by atoms with Gasteiger partial charge in [0.2, 0.25) is 5.88 Å². The van der Waals surface area contributed by atoms with Crippen molar-refractivity contribution in [1.29, 1.82) is 0 Å². The maximum absolute atomic E-state index is 14.0. The zero-order valence-corrected chi connectivity index (χ0v) is 16.6. The van der Waals surface area contributed by atoms with Crippen molar-refractivity contribution in [2.75, 3.05) is 37.7 Å². The lowest BCUT2D eigenvalue weighted by molar-refractivity contribution is 0.0751. The third kappa shape index (κ3) is 3.28. The van der Waals surface area contributed by atoms with E-state index in [4.69, 9.17) is 4.74 Å². The van der Waals surface area contributed by atoms with Crippen LogP contribution in [0.4, 0.5) is 10.1 Å². The van der Waals surface area contributed by atoms with Crippen molar-refractivity contribution in [3.8, 4) is 5.88 Å². The van der Waals surface area contributed by atoms with Crippen molar-refractivity contribution in [3.05, 3.63) is 46.9 Å². The molecule has 1 aromatic carbocycles. The van der Waals surface area contributed by atoms with E-state index in [1.807, 2.05) is 29.7 Å². The molecule has 6 nitrogen and oxygen atoms in total. The molecular weight excluding hydrogens is 379 g/mol. The number of ether oxygens (including phenoxy) is 1. The van der Waals surface area contributed by atoms with Crippen molar-refractivity contribution in [2.45, 2.75) is 13.8 Å². The number of anilines is 1. The van der Waals surface area contributed by atoms with E-state index in [1.54, 1.807) is 12.1 Å². The van der Waals surface area contributed by atoms with E-state index in [2.05, 4.69) is 9.97 Å². The zero-order valence-electron chi connectivity index (χ0n) is 15.8. The number of halogens is 1. The van der Waals surface area contributed by atoms with E-state index in [1.165, 1.54) is 23.7 Å². The Morgan fingerprint density at radius 3 is 2.68 bits per heavy atom. The summed E-state index contributed by atoms with van der Waals surface area (Å²) in [4.78, 5) is 26.8. The van der Waals surface area contributed by atoms with Crippen LogP contribution in [0, 0.1) is 12.7 Å². The second kappa shape index (κ2) is 7.71. The van der Waals surface area contributed by atoms with Gasteiger partial charge in [-0.15, -0.1) is 11.3 Å². The summed E-state index contributed by atoms with van der Waals surface area (Å²) in [5, 5.41) is 0.808. The lowest BCUT2D eigenvalue weighted by Crippen LogP contribution is -2.49. The van der Waals surface area contributed by atoms with Crippen LogP contribution < -0.4 is 9.64 Å². The van der Waals surface area contributed by atoms with E-state index in [0.717, 1.165) is 15.8 Å². The predicted octanol–water partition coefficient (Wildman–Crippen LogP) is 3.50. The number of aromatic nitrogens is 2. The normalized spacial score (nSPS) is 14.5. The molecular formula is C20H21FN4O2S. The van der Waals surface area contributed by atoms with E-state index in [0.29, 0.717) is 49.2 Å². The summed E-state index contributed by atoms with van der Waals surface area (Å²) >= 11 is 1.37. The van der Waals surface area contributed by atoms with Gasteiger partial charge >= 0.3 is 0 Å². The molecule has 0 unspecified atom stereocenters. The molecule has 1 amide bonds. The molecule has 0 aliphatic carbocycles. The number of benzene rings is 1. The quantitative estimate of drug-likeness (QED) is 0.671. The zero-order chi connectivity index (χ0) is 19.7. The van der Waals surface area contributed by atoms with Gasteiger partial charge in [-0.25, -0.2) is 14.4 Å². The molecule has 0 spiro atoms. The van der Waals surface area contributed by atoms with Crippen LogP contribution in [-0.4, -0.2) is 53.6 Å². The highest BCUT2D eigenvalue weighted by Gasteiger charge is 2.27. The highest BCUT2D eigenvalue weighted by molar-refractivity contribution is 7.20. The van der Waals surface area contributed by atoms with Gasteiger partial charge in [0.1, 0.15) is 17.0 Å². The van der Waals surface area contributed by atoms with Crippen molar-refractivity contribution in [1.82, 2.24) is 14.9 Å². The van der Waals surface area contributed by atoms with Gasteiger partial charge in [0.25, 0.3) is 5.91 Å². The Morgan fingerprint density at radius 2 is 1.96 bits per heavy atom. The highest BCUT2D eigenvalue weighted by Crippen LogP contribution is 2.35. The van der Waals surface area contributed by atoms with Gasteiger partial charge in [-0.1, -0.05) is 12.1 Å². The number of thiophene rings is 1. The first-order chi connectivity index (χ1) is 13.6. The molecule has 1 saturated heterocycles. The largest absolute Gasteiger partial charge is 0.477 e. The number of amides is 1. The SMILES string of the molecule is CCOc1ncnc2sc(C(=O)N3CCN(c4ccccc4F)CC3)c(C)c12. The minimum absolute atomic E-state index is 0.0175. The molecule has 3 heterocycles. The number of carbonyl (C=O) groups excluding carboxylic acids is 1. The number of hydrogen-bond donors (Lipinski definition) is 0. The van der Waals surface area contributed by atoms with E-state index < -0.39 is 0 Å². The van der Waals surface area contributed by atoms with E-state index in [-0.39, 0.29) is 11.7 Å². The molecule has 2 aromatic heterocycles. The second-order valence-electron chi connectivity index (χ2n) is 6.58. The maximum atomic E-state index is 14.0. The molecule has 1 fully saturated rings. The standard InChI is InChI=1S/C20H21FN4O2S/c1-3-27-18-16-13(2)17(28-19(16)23-12-22-18)20(26)25-10-8-24(9-11-25)15-7-5-4-6-14(15)21/h4-7,12H,3,8-11H2,1-2H3. The number of piperazine rings is 1. The smallest absolute Gasteiger partial charge is 0.264 e. The second-order valence-corrected chi connectivity index (χ2v) is 7.58. The monoisotopic (exact) mass is 400 g/mol. The highest BCUT2D eigenvalue weighted by atomic mass is 32.1. The third-order valence-electron chi connectivity index (χ3n) is 4.93. The Bertz CT molecular complexity index is 1010. The summed E-state index contributed by atoms with van der Waals surface area (Å²) in [7, 11) is 0. The maximum Gasteiger partial charge on any atom is 0.264 e. The van der Waals surface area contributed by atoms with Crippen molar-refractivity contribution < 1.29 is 13.9 Å². The summed E-state index contributed by atoms with van der Waals surface area (Å²) in [5.74, 6) is 0.269. The summed E-state index contributed by atoms with van der Waals surface area (Å²) in [6, 6.07) is 6.75. The molecule has 0 saturated carbocycles. The van der Waals surface area contributed by atoms with Crippen LogP contribution in [0.1, 0.15) is 22.2 Å². The third-order valence-corrected chi connectivity index (χ3v) is 6.12. The van der Waals surface area contributed by atoms with Gasteiger partial charge in [0, 0.05) is 26.2 Å². The van der Waals surface area contributed by atoms with Crippen LogP contribution in [0.3, 0.4) is 0 Å². The van der Waals surface area contributed by atoms with E-state index >= 15 is 0 Å². The Morgan fingerprint density at radius 1 is 1.21 bits per heavy atom. The lowest BCUT2D eigenvalue weighted by Gasteiger charge is -2.36. The predicted molar refractivity (Wildman–Crippen MR) is 108 cm³/mol. The Hall–Kier alpha value is -2.74. The summed E-state index contributed by atoms with van der Waals surface area (Å²) < 4.78 is 19.6. The Balaban J connectivity index is 1.54. The van der Waals surface area contributed by atoms with Gasteiger partial charge in [0.05, 0.1) is 22.6 Å². The number of para-hydroxylation sites is 1. The molecule has 0 radical (unpaired) electrons. The van der Waals surface area contributed by atoms with Crippen LogP contribution in [0.15, 0.2) is 30.6 Å². The van der Waals surface area contributed by atoms with E-state index in [9.17, 15) is 9.18 Å². The molecule has 0 bridgehead atoms. The average molecular weight is 400 g/mol. The molecule has 4 rings (SSSR count). The fraction of sp³-hybridized carbons (Fsp3) is 0.350. The van der Waals surface area contributed by atoms with Gasteiger partial charge in [-0.2, -0.15) is 0 Å². The van der Waals surface area contributed by atoms with Gasteiger partial charge in [0.15, 0.2) is 0 Å². The molecule has 3 aromatic rings. The molecule has 28 heavy (non-hydrogen) atoms. The van der Waals surface area contributed by atoms with Crippen molar-refractivity contribution in [2.24, 2.45) is 0 Å². The lowest BCUT2D eigenvalue weighted by atomic mass is 10.2. The fourth-order valence-electron chi connectivity index (χ4n) is 3.49. The molecule has 1 aliphatic heterocycles. The van der Waals surface area contributed by atoms with Crippen LogP contribution in [-0.2, 0) is 0 Å². The first kappa shape index (κ1) is 18.6.